The number of nitrogens with one attached hydrogen (secondary N) is 1. The van der Waals surface area contributed by atoms with E-state index in [9.17, 15) is 14.4 Å². The van der Waals surface area contributed by atoms with E-state index in [1.54, 1.807) is 26.0 Å². The molecule has 0 unspecified atom stereocenters. The third kappa shape index (κ3) is 4.87. The second-order valence-electron chi connectivity index (χ2n) is 7.91. The Morgan fingerprint density at radius 1 is 1.07 bits per heavy atom. The summed E-state index contributed by atoms with van der Waals surface area (Å²) in [5, 5.41) is 3.11. The van der Waals surface area contributed by atoms with Gasteiger partial charge < -0.3 is 10.1 Å². The first-order valence-corrected chi connectivity index (χ1v) is 9.96. The number of hydrogen-bond donors (Lipinski definition) is 1. The number of Topliss-reactive ketones (excluding diaryl/α,β-unsaturated/α-hetero) is 1. The van der Waals surface area contributed by atoms with Gasteiger partial charge in [0.2, 0.25) is 11.7 Å². The Morgan fingerprint density at radius 2 is 1.64 bits per heavy atom. The van der Waals surface area contributed by atoms with Gasteiger partial charge in [-0.05, 0) is 37.3 Å². The Morgan fingerprint density at radius 3 is 2.14 bits per heavy atom. The largest absolute Gasteiger partial charge is 0.451 e. The predicted molar refractivity (Wildman–Crippen MR) is 112 cm³/mol. The minimum Gasteiger partial charge on any atom is -0.451 e. The molecule has 2 rings (SSSR count). The van der Waals surface area contributed by atoms with Crippen molar-refractivity contribution in [3.8, 4) is 0 Å². The van der Waals surface area contributed by atoms with E-state index in [2.05, 4.69) is 26.1 Å². The fourth-order valence-electron chi connectivity index (χ4n) is 2.76. The van der Waals surface area contributed by atoms with Crippen molar-refractivity contribution >= 4 is 34.0 Å². The Bertz CT molecular complexity index is 904. The molecule has 1 aromatic heterocycles. The van der Waals surface area contributed by atoms with E-state index < -0.39 is 12.1 Å². The molecule has 0 aliphatic heterocycles. The fraction of sp³-hybridized carbons (Fsp3) is 0.409. The summed E-state index contributed by atoms with van der Waals surface area (Å²) >= 11 is 1.32. The zero-order valence-corrected chi connectivity index (χ0v) is 18.2. The maximum absolute atomic E-state index is 12.7. The molecular formula is C22H27NO4S. The number of thiophene rings is 1. The Kier molecular flexibility index (Phi) is 6.44. The second kappa shape index (κ2) is 8.27. The first-order chi connectivity index (χ1) is 12.9. The first-order valence-electron chi connectivity index (χ1n) is 9.15. The van der Waals surface area contributed by atoms with Crippen LogP contribution in [0, 0.1) is 13.8 Å². The smallest absolute Gasteiger partial charge is 0.342 e. The molecule has 5 nitrogen and oxygen atoms in total. The number of anilines is 1. The van der Waals surface area contributed by atoms with Gasteiger partial charge in [-0.1, -0.05) is 45.0 Å². The van der Waals surface area contributed by atoms with Gasteiger partial charge in [-0.2, -0.15) is 0 Å². The van der Waals surface area contributed by atoms with E-state index in [4.69, 9.17) is 4.74 Å². The Balaban J connectivity index is 2.18. The normalized spacial score (nSPS) is 12.4. The lowest BCUT2D eigenvalue weighted by Crippen LogP contribution is -2.25. The molecule has 0 aliphatic rings. The van der Waals surface area contributed by atoms with Crippen molar-refractivity contribution in [2.24, 2.45) is 0 Å². The average molecular weight is 402 g/mol. The number of amides is 1. The summed E-state index contributed by atoms with van der Waals surface area (Å²) < 4.78 is 5.43. The van der Waals surface area contributed by atoms with Gasteiger partial charge in [0, 0.05) is 17.4 Å². The van der Waals surface area contributed by atoms with Crippen molar-refractivity contribution in [2.45, 2.75) is 60.0 Å². The van der Waals surface area contributed by atoms with Gasteiger partial charge in [0.25, 0.3) is 0 Å². The highest BCUT2D eigenvalue weighted by Gasteiger charge is 2.26. The van der Waals surface area contributed by atoms with Crippen LogP contribution in [0.3, 0.4) is 0 Å². The molecule has 0 bridgehead atoms. The van der Waals surface area contributed by atoms with Crippen molar-refractivity contribution < 1.29 is 19.1 Å². The van der Waals surface area contributed by atoms with Crippen LogP contribution in [-0.4, -0.2) is 23.8 Å². The molecule has 0 saturated carbocycles. The van der Waals surface area contributed by atoms with E-state index in [1.807, 2.05) is 19.1 Å². The molecule has 2 aromatic rings. The van der Waals surface area contributed by atoms with Gasteiger partial charge in [0.1, 0.15) is 5.00 Å². The monoisotopic (exact) mass is 401 g/mol. The molecule has 150 valence electrons. The van der Waals surface area contributed by atoms with E-state index in [0.717, 1.165) is 16.0 Å². The predicted octanol–water partition coefficient (Wildman–Crippen LogP) is 5.05. The highest BCUT2D eigenvalue weighted by molar-refractivity contribution is 7.16. The van der Waals surface area contributed by atoms with Gasteiger partial charge >= 0.3 is 5.97 Å². The fourth-order valence-corrected chi connectivity index (χ4v) is 3.86. The van der Waals surface area contributed by atoms with E-state index in [-0.39, 0.29) is 17.1 Å². The minimum atomic E-state index is -0.933. The lowest BCUT2D eigenvalue weighted by molar-refractivity contribution is -0.114. The quantitative estimate of drug-likeness (QED) is 0.562. The molecule has 1 amide bonds. The number of benzene rings is 1. The van der Waals surface area contributed by atoms with Crippen molar-refractivity contribution in [3.05, 3.63) is 51.4 Å². The maximum Gasteiger partial charge on any atom is 0.342 e. The summed E-state index contributed by atoms with van der Waals surface area (Å²) in [7, 11) is 0. The van der Waals surface area contributed by atoms with Crippen LogP contribution in [0.4, 0.5) is 5.00 Å². The maximum atomic E-state index is 12.7. The topological polar surface area (TPSA) is 72.5 Å². The number of ether oxygens (including phenoxy) is 1. The van der Waals surface area contributed by atoms with Crippen LogP contribution >= 0.6 is 11.3 Å². The summed E-state index contributed by atoms with van der Waals surface area (Å²) in [4.78, 5) is 37.7. The minimum absolute atomic E-state index is 0.00584. The first kappa shape index (κ1) is 21.8. The molecule has 1 N–H and O–H groups in total. The van der Waals surface area contributed by atoms with Gasteiger partial charge in [-0.3, -0.25) is 9.59 Å². The number of rotatable bonds is 5. The molecular weight excluding hydrogens is 374 g/mol. The summed E-state index contributed by atoms with van der Waals surface area (Å²) in [5.41, 5.74) is 2.66. The van der Waals surface area contributed by atoms with Gasteiger partial charge in [0.15, 0.2) is 6.10 Å². The Labute approximate surface area is 170 Å². The van der Waals surface area contributed by atoms with Crippen LogP contribution in [0.1, 0.15) is 71.3 Å². The zero-order valence-electron chi connectivity index (χ0n) is 17.4. The van der Waals surface area contributed by atoms with Crippen molar-refractivity contribution in [2.75, 3.05) is 5.32 Å². The van der Waals surface area contributed by atoms with Crippen molar-refractivity contribution in [1.29, 1.82) is 0 Å². The van der Waals surface area contributed by atoms with E-state index in [1.165, 1.54) is 18.3 Å². The van der Waals surface area contributed by atoms with Gasteiger partial charge in [0.05, 0.1) is 5.56 Å². The zero-order chi connectivity index (χ0) is 21.2. The summed E-state index contributed by atoms with van der Waals surface area (Å²) in [6.07, 6.45) is -0.933. The van der Waals surface area contributed by atoms with E-state index >= 15 is 0 Å². The van der Waals surface area contributed by atoms with Gasteiger partial charge in [-0.15, -0.1) is 11.3 Å². The lowest BCUT2D eigenvalue weighted by Gasteiger charge is -2.19. The molecule has 28 heavy (non-hydrogen) atoms. The van der Waals surface area contributed by atoms with Crippen LogP contribution in [-0.2, 0) is 14.9 Å². The number of carbonyl (C=O) groups excluding carboxylic acids is 3. The second-order valence-corrected chi connectivity index (χ2v) is 9.13. The number of hydrogen-bond acceptors (Lipinski definition) is 5. The number of carbonyl (C=O) groups is 3. The molecule has 1 aromatic carbocycles. The van der Waals surface area contributed by atoms with Crippen LogP contribution in [0.2, 0.25) is 0 Å². The third-order valence-electron chi connectivity index (χ3n) is 4.57. The molecule has 0 radical (unpaired) electrons. The van der Waals surface area contributed by atoms with Crippen LogP contribution in [0.5, 0.6) is 0 Å². The van der Waals surface area contributed by atoms with Crippen molar-refractivity contribution in [3.63, 3.8) is 0 Å². The highest BCUT2D eigenvalue weighted by Crippen LogP contribution is 2.33. The average Bonchev–Trinajstić information content (AvgIpc) is 2.86. The standard InChI is InChI=1S/C22H27NO4S/c1-12-14(3)28-20(23-15(4)24)18(12)21(26)27-13(2)19(25)16-8-10-17(11-9-16)22(5,6)7/h8-11,13H,1-7H3,(H,23,24)/t13-/m1/s1. The lowest BCUT2D eigenvalue weighted by atomic mass is 9.86. The molecule has 0 spiro atoms. The number of ketones is 1. The van der Waals surface area contributed by atoms with Crippen molar-refractivity contribution in [1.82, 2.24) is 0 Å². The Hall–Kier alpha value is -2.47. The van der Waals surface area contributed by atoms with Gasteiger partial charge in [-0.25, -0.2) is 4.79 Å². The van der Waals surface area contributed by atoms with Crippen LogP contribution in [0.25, 0.3) is 0 Å². The summed E-state index contributed by atoms with van der Waals surface area (Å²) in [6, 6.07) is 7.36. The summed E-state index contributed by atoms with van der Waals surface area (Å²) in [5.74, 6) is -1.14. The number of aryl methyl sites for hydroxylation is 1. The molecule has 1 atom stereocenters. The number of esters is 1. The highest BCUT2D eigenvalue weighted by atomic mass is 32.1. The summed E-state index contributed by atoms with van der Waals surface area (Å²) in [6.45, 7) is 12.9. The molecule has 0 fully saturated rings. The molecule has 0 saturated heterocycles. The SMILES string of the molecule is CC(=O)Nc1sc(C)c(C)c1C(=O)O[C@H](C)C(=O)c1ccc(C(C)(C)C)cc1. The molecule has 6 heteroatoms. The van der Waals surface area contributed by atoms with Crippen LogP contribution < -0.4 is 5.32 Å². The third-order valence-corrected chi connectivity index (χ3v) is 5.69. The van der Waals surface area contributed by atoms with Crippen LogP contribution in [0.15, 0.2) is 24.3 Å². The molecule has 1 heterocycles. The molecule has 0 aliphatic carbocycles. The van der Waals surface area contributed by atoms with E-state index in [0.29, 0.717) is 16.1 Å².